The van der Waals surface area contributed by atoms with Gasteiger partial charge in [0, 0.05) is 18.7 Å². The van der Waals surface area contributed by atoms with Gasteiger partial charge in [-0.25, -0.2) is 0 Å². The molecule has 1 heterocycles. The van der Waals surface area contributed by atoms with Crippen molar-refractivity contribution in [1.82, 2.24) is 4.90 Å². The molecule has 2 rings (SSSR count). The van der Waals surface area contributed by atoms with Gasteiger partial charge in [0.1, 0.15) is 0 Å². The van der Waals surface area contributed by atoms with Crippen LogP contribution < -0.4 is 5.73 Å². The Morgan fingerprint density at radius 1 is 1.40 bits per heavy atom. The number of hydrogen-bond donors (Lipinski definition) is 1. The van der Waals surface area contributed by atoms with E-state index in [0.29, 0.717) is 18.7 Å². The summed E-state index contributed by atoms with van der Waals surface area (Å²) in [5, 5.41) is 0.222. The molecule has 0 saturated carbocycles. The van der Waals surface area contributed by atoms with Gasteiger partial charge in [-0.15, -0.1) is 0 Å². The summed E-state index contributed by atoms with van der Waals surface area (Å²) in [6.45, 7) is 0.0255. The third-order valence-corrected chi connectivity index (χ3v) is 3.75. The van der Waals surface area contributed by atoms with Crippen molar-refractivity contribution in [3.05, 3.63) is 28.8 Å². The Morgan fingerprint density at radius 3 is 2.70 bits per heavy atom. The number of hydrogen-bond acceptors (Lipinski definition) is 2. The Balaban J connectivity index is 2.14. The lowest BCUT2D eigenvalue weighted by Crippen LogP contribution is -2.44. The molecule has 1 aliphatic heterocycles. The van der Waals surface area contributed by atoms with Gasteiger partial charge in [-0.05, 0) is 31.0 Å². The minimum Gasteiger partial charge on any atom is -0.398 e. The third-order valence-electron chi connectivity index (χ3n) is 3.42. The van der Waals surface area contributed by atoms with Crippen molar-refractivity contribution >= 4 is 23.2 Å². The fourth-order valence-electron chi connectivity index (χ4n) is 2.27. The van der Waals surface area contributed by atoms with E-state index in [9.17, 15) is 18.0 Å². The maximum Gasteiger partial charge on any atom is 0.393 e. The minimum atomic E-state index is -4.27. The molecule has 0 bridgehead atoms. The van der Waals surface area contributed by atoms with Gasteiger partial charge in [0.25, 0.3) is 5.91 Å². The van der Waals surface area contributed by atoms with Crippen LogP contribution >= 0.6 is 11.6 Å². The molecule has 1 fully saturated rings. The highest BCUT2D eigenvalue weighted by atomic mass is 35.5. The smallest absolute Gasteiger partial charge is 0.393 e. The van der Waals surface area contributed by atoms with E-state index < -0.39 is 18.0 Å². The predicted octanol–water partition coefficient (Wildman–Crippen LogP) is 3.34. The minimum absolute atomic E-state index is 0.0653. The first-order valence-electron chi connectivity index (χ1n) is 6.20. The summed E-state index contributed by atoms with van der Waals surface area (Å²) in [4.78, 5) is 13.4. The number of piperidine rings is 1. The zero-order valence-electron chi connectivity index (χ0n) is 10.6. The lowest BCUT2D eigenvalue weighted by molar-refractivity contribution is -0.184. The topological polar surface area (TPSA) is 46.3 Å². The first-order chi connectivity index (χ1) is 9.29. The van der Waals surface area contributed by atoms with E-state index in [1.807, 2.05) is 0 Å². The highest BCUT2D eigenvalue weighted by Gasteiger charge is 2.42. The summed E-state index contributed by atoms with van der Waals surface area (Å²) in [6, 6.07) is 4.33. The van der Waals surface area contributed by atoms with Crippen molar-refractivity contribution < 1.29 is 18.0 Å². The number of likely N-dealkylation sites (tertiary alicyclic amines) is 1. The predicted molar refractivity (Wildman–Crippen MR) is 70.5 cm³/mol. The molecule has 1 aromatic rings. The summed E-state index contributed by atoms with van der Waals surface area (Å²) in [6.07, 6.45) is -3.86. The molecule has 2 N–H and O–H groups in total. The lowest BCUT2D eigenvalue weighted by Gasteiger charge is -2.33. The van der Waals surface area contributed by atoms with Gasteiger partial charge >= 0.3 is 6.18 Å². The van der Waals surface area contributed by atoms with Gasteiger partial charge < -0.3 is 10.6 Å². The standard InChI is InChI=1S/C13H14ClF3N2O/c14-10-6-8(3-4-11(10)18)12(20)19-5-1-2-9(7-19)13(15,16)17/h3-4,6,9H,1-2,5,7,18H2. The Labute approximate surface area is 119 Å². The van der Waals surface area contributed by atoms with E-state index in [1.54, 1.807) is 0 Å². The summed E-state index contributed by atoms with van der Waals surface area (Å²) in [5.74, 6) is -1.90. The van der Waals surface area contributed by atoms with Gasteiger partial charge in [-0.3, -0.25) is 4.79 Å². The zero-order chi connectivity index (χ0) is 14.9. The fraction of sp³-hybridized carbons (Fsp3) is 0.462. The van der Waals surface area contributed by atoms with Crippen LogP contribution in [0.3, 0.4) is 0 Å². The maximum absolute atomic E-state index is 12.7. The summed E-state index contributed by atoms with van der Waals surface area (Å²) >= 11 is 5.82. The van der Waals surface area contributed by atoms with E-state index in [0.717, 1.165) is 0 Å². The number of anilines is 1. The molecule has 0 aromatic heterocycles. The van der Waals surface area contributed by atoms with Crippen LogP contribution in [0.4, 0.5) is 18.9 Å². The highest BCUT2D eigenvalue weighted by molar-refractivity contribution is 6.33. The van der Waals surface area contributed by atoms with Crippen molar-refractivity contribution in [1.29, 1.82) is 0 Å². The van der Waals surface area contributed by atoms with E-state index in [4.69, 9.17) is 17.3 Å². The molecule has 1 saturated heterocycles. The Morgan fingerprint density at radius 2 is 2.10 bits per heavy atom. The first-order valence-corrected chi connectivity index (χ1v) is 6.58. The van der Waals surface area contributed by atoms with Crippen molar-refractivity contribution in [2.45, 2.75) is 19.0 Å². The van der Waals surface area contributed by atoms with Crippen LogP contribution in [-0.4, -0.2) is 30.1 Å². The monoisotopic (exact) mass is 306 g/mol. The molecular formula is C13H14ClF3N2O. The van der Waals surface area contributed by atoms with Crippen LogP contribution in [0.5, 0.6) is 0 Å². The van der Waals surface area contributed by atoms with Gasteiger partial charge in [-0.1, -0.05) is 11.6 Å². The van der Waals surface area contributed by atoms with Gasteiger partial charge in [0.05, 0.1) is 16.6 Å². The van der Waals surface area contributed by atoms with Gasteiger partial charge in [0.15, 0.2) is 0 Å². The Kier molecular flexibility index (Phi) is 4.13. The van der Waals surface area contributed by atoms with Gasteiger partial charge in [-0.2, -0.15) is 13.2 Å². The van der Waals surface area contributed by atoms with Crippen LogP contribution in [0, 0.1) is 5.92 Å². The van der Waals surface area contributed by atoms with Crippen LogP contribution in [0.1, 0.15) is 23.2 Å². The molecule has 1 unspecified atom stereocenters. The van der Waals surface area contributed by atoms with Crippen LogP contribution in [-0.2, 0) is 0 Å². The highest BCUT2D eigenvalue weighted by Crippen LogP contribution is 2.33. The second kappa shape index (κ2) is 5.52. The molecular weight excluding hydrogens is 293 g/mol. The second-order valence-electron chi connectivity index (χ2n) is 4.87. The molecule has 1 aliphatic rings. The molecule has 110 valence electrons. The molecule has 20 heavy (non-hydrogen) atoms. The Bertz CT molecular complexity index is 519. The first kappa shape index (κ1) is 15.0. The number of benzene rings is 1. The van der Waals surface area contributed by atoms with Crippen LogP contribution in [0.15, 0.2) is 18.2 Å². The number of nitrogens with two attached hydrogens (primary N) is 1. The Hall–Kier alpha value is -1.43. The van der Waals surface area contributed by atoms with Crippen LogP contribution in [0.25, 0.3) is 0 Å². The largest absolute Gasteiger partial charge is 0.398 e. The number of carbonyl (C=O) groups excluding carboxylic acids is 1. The maximum atomic E-state index is 12.7. The molecule has 1 atom stereocenters. The van der Waals surface area contributed by atoms with Crippen molar-refractivity contribution in [3.8, 4) is 0 Å². The van der Waals surface area contributed by atoms with E-state index in [2.05, 4.69) is 0 Å². The average molecular weight is 307 g/mol. The number of carbonyl (C=O) groups is 1. The normalized spacial score (nSPS) is 20.0. The molecule has 3 nitrogen and oxygen atoms in total. The number of halogens is 4. The second-order valence-corrected chi connectivity index (χ2v) is 5.28. The van der Waals surface area contributed by atoms with Crippen LogP contribution in [0.2, 0.25) is 5.02 Å². The SMILES string of the molecule is Nc1ccc(C(=O)N2CCCC(C(F)(F)F)C2)cc1Cl. The third kappa shape index (κ3) is 3.17. The summed E-state index contributed by atoms with van der Waals surface area (Å²) < 4.78 is 38.2. The summed E-state index contributed by atoms with van der Waals surface area (Å²) in [7, 11) is 0. The van der Waals surface area contributed by atoms with E-state index >= 15 is 0 Å². The molecule has 1 amide bonds. The molecule has 0 aliphatic carbocycles. The van der Waals surface area contributed by atoms with Crippen molar-refractivity contribution in [2.75, 3.05) is 18.8 Å². The summed E-state index contributed by atoms with van der Waals surface area (Å²) in [5.41, 5.74) is 6.13. The van der Waals surface area contributed by atoms with E-state index in [-0.39, 0.29) is 23.6 Å². The van der Waals surface area contributed by atoms with Crippen molar-refractivity contribution in [2.24, 2.45) is 5.92 Å². The lowest BCUT2D eigenvalue weighted by atomic mass is 9.97. The molecule has 0 radical (unpaired) electrons. The number of nitrogens with zero attached hydrogens (tertiary/aromatic N) is 1. The average Bonchev–Trinajstić information content (AvgIpc) is 2.40. The number of alkyl halides is 3. The quantitative estimate of drug-likeness (QED) is 0.809. The number of nitrogen functional groups attached to an aromatic ring is 1. The molecule has 1 aromatic carbocycles. The molecule has 7 heteroatoms. The zero-order valence-corrected chi connectivity index (χ0v) is 11.3. The van der Waals surface area contributed by atoms with Crippen molar-refractivity contribution in [3.63, 3.8) is 0 Å². The number of amides is 1. The fourth-order valence-corrected chi connectivity index (χ4v) is 2.45. The number of rotatable bonds is 1. The van der Waals surface area contributed by atoms with Gasteiger partial charge in [0.2, 0.25) is 0 Å². The molecule has 0 spiro atoms. The van der Waals surface area contributed by atoms with E-state index in [1.165, 1.54) is 23.1 Å².